The van der Waals surface area contributed by atoms with Crippen LogP contribution in [0.3, 0.4) is 0 Å². The molecule has 24 heavy (non-hydrogen) atoms. The largest absolute Gasteiger partial charge is 0.466 e. The van der Waals surface area contributed by atoms with Crippen LogP contribution >= 0.6 is 0 Å². The number of nitrogens with zero attached hydrogens (tertiary/aromatic N) is 1. The molecule has 2 rings (SSSR count). The zero-order chi connectivity index (χ0) is 17.7. The maximum atomic E-state index is 12.5. The third-order valence-corrected chi connectivity index (χ3v) is 4.99. The number of esters is 1. The molecule has 1 aliphatic rings. The Balaban J connectivity index is 2.16. The topological polar surface area (TPSA) is 92.8 Å². The molecule has 7 nitrogen and oxygen atoms in total. The SMILES string of the molecule is CCOC(=O)CC1=C(C)CCN(NS(=O)(=O)c2ccccc2)C1=O. The molecule has 0 spiro atoms. The van der Waals surface area contributed by atoms with E-state index in [1.165, 1.54) is 12.1 Å². The van der Waals surface area contributed by atoms with Gasteiger partial charge in [0.15, 0.2) is 0 Å². The van der Waals surface area contributed by atoms with E-state index in [-0.39, 0.29) is 30.0 Å². The highest BCUT2D eigenvalue weighted by molar-refractivity contribution is 7.89. The van der Waals surface area contributed by atoms with Crippen molar-refractivity contribution in [2.75, 3.05) is 13.2 Å². The third kappa shape index (κ3) is 4.21. The number of nitrogens with one attached hydrogen (secondary N) is 1. The highest BCUT2D eigenvalue weighted by Gasteiger charge is 2.30. The minimum absolute atomic E-state index is 0.0658. The summed E-state index contributed by atoms with van der Waals surface area (Å²) in [6.07, 6.45) is 0.319. The lowest BCUT2D eigenvalue weighted by Gasteiger charge is -2.29. The van der Waals surface area contributed by atoms with E-state index in [1.807, 2.05) is 0 Å². The molecule has 0 saturated carbocycles. The first kappa shape index (κ1) is 18.2. The molecule has 1 heterocycles. The first-order valence-corrected chi connectivity index (χ1v) is 9.07. The molecule has 0 fully saturated rings. The van der Waals surface area contributed by atoms with E-state index in [0.717, 1.165) is 10.6 Å². The number of hydrogen-bond acceptors (Lipinski definition) is 5. The Labute approximate surface area is 141 Å². The molecule has 130 valence electrons. The molecule has 0 saturated heterocycles. The van der Waals surface area contributed by atoms with E-state index in [4.69, 9.17) is 4.74 Å². The zero-order valence-electron chi connectivity index (χ0n) is 13.6. The molecule has 0 radical (unpaired) electrons. The predicted molar refractivity (Wildman–Crippen MR) is 87.0 cm³/mol. The van der Waals surface area contributed by atoms with E-state index in [0.29, 0.717) is 6.42 Å². The first-order chi connectivity index (χ1) is 11.3. The van der Waals surface area contributed by atoms with Crippen LogP contribution in [-0.4, -0.2) is 38.5 Å². The van der Waals surface area contributed by atoms with E-state index in [2.05, 4.69) is 4.83 Å². The van der Waals surface area contributed by atoms with Crippen LogP contribution in [0, 0.1) is 0 Å². The Morgan fingerprint density at radius 1 is 1.29 bits per heavy atom. The van der Waals surface area contributed by atoms with Crippen LogP contribution in [0.2, 0.25) is 0 Å². The highest BCUT2D eigenvalue weighted by Crippen LogP contribution is 2.22. The average Bonchev–Trinajstić information content (AvgIpc) is 2.55. The van der Waals surface area contributed by atoms with Gasteiger partial charge < -0.3 is 4.74 Å². The van der Waals surface area contributed by atoms with Crippen molar-refractivity contribution in [3.63, 3.8) is 0 Å². The fraction of sp³-hybridized carbons (Fsp3) is 0.375. The van der Waals surface area contributed by atoms with Crippen molar-refractivity contribution in [2.24, 2.45) is 0 Å². The van der Waals surface area contributed by atoms with Crippen molar-refractivity contribution in [3.8, 4) is 0 Å². The molecular weight excluding hydrogens is 332 g/mol. The number of amides is 1. The van der Waals surface area contributed by atoms with E-state index in [1.54, 1.807) is 32.0 Å². The maximum absolute atomic E-state index is 12.5. The van der Waals surface area contributed by atoms with Gasteiger partial charge in [-0.05, 0) is 32.4 Å². The Kier molecular flexibility index (Phi) is 5.74. The van der Waals surface area contributed by atoms with Crippen LogP contribution in [-0.2, 0) is 24.3 Å². The summed E-state index contributed by atoms with van der Waals surface area (Å²) in [4.78, 5) is 26.5. The lowest BCUT2D eigenvalue weighted by atomic mass is 9.99. The number of sulfonamides is 1. The van der Waals surface area contributed by atoms with Gasteiger partial charge in [-0.2, -0.15) is 0 Å². The summed E-state index contributed by atoms with van der Waals surface area (Å²) in [5.41, 5.74) is 1.04. The van der Waals surface area contributed by atoms with Gasteiger partial charge in [0.2, 0.25) is 0 Å². The molecule has 0 aromatic heterocycles. The van der Waals surface area contributed by atoms with Crippen LogP contribution in [0.15, 0.2) is 46.4 Å². The summed E-state index contributed by atoms with van der Waals surface area (Å²) in [7, 11) is -3.86. The minimum Gasteiger partial charge on any atom is -0.466 e. The lowest BCUT2D eigenvalue weighted by molar-refractivity contribution is -0.143. The summed E-state index contributed by atoms with van der Waals surface area (Å²) in [6, 6.07) is 7.79. The van der Waals surface area contributed by atoms with Gasteiger partial charge in [0.1, 0.15) is 0 Å². The van der Waals surface area contributed by atoms with E-state index >= 15 is 0 Å². The highest BCUT2D eigenvalue weighted by atomic mass is 32.2. The van der Waals surface area contributed by atoms with Crippen molar-refractivity contribution >= 4 is 21.9 Å². The molecule has 1 aromatic carbocycles. The second kappa shape index (κ2) is 7.59. The molecule has 1 aliphatic heterocycles. The second-order valence-electron chi connectivity index (χ2n) is 5.36. The summed E-state index contributed by atoms with van der Waals surface area (Å²) >= 11 is 0. The molecule has 8 heteroatoms. The van der Waals surface area contributed by atoms with E-state index < -0.39 is 21.9 Å². The molecule has 0 unspecified atom stereocenters. The first-order valence-electron chi connectivity index (χ1n) is 7.58. The van der Waals surface area contributed by atoms with Crippen LogP contribution in [0.25, 0.3) is 0 Å². The minimum atomic E-state index is -3.86. The van der Waals surface area contributed by atoms with Crippen molar-refractivity contribution in [1.29, 1.82) is 0 Å². The standard InChI is InChI=1S/C16H20N2O5S/c1-3-23-15(19)11-14-12(2)9-10-18(16(14)20)17-24(21,22)13-7-5-4-6-8-13/h4-8,17H,3,9-11H2,1-2H3. The molecule has 1 amide bonds. The van der Waals surface area contributed by atoms with Gasteiger partial charge in [0.25, 0.3) is 15.9 Å². The monoisotopic (exact) mass is 352 g/mol. The van der Waals surface area contributed by atoms with Crippen LogP contribution in [0.5, 0.6) is 0 Å². The summed E-state index contributed by atoms with van der Waals surface area (Å²) < 4.78 is 29.6. The normalized spacial score (nSPS) is 15.6. The molecule has 0 atom stereocenters. The summed E-state index contributed by atoms with van der Waals surface area (Å²) in [5, 5.41) is 1.03. The number of benzene rings is 1. The predicted octanol–water partition coefficient (Wildman–Crippen LogP) is 1.38. The third-order valence-electron chi connectivity index (χ3n) is 3.64. The Morgan fingerprint density at radius 3 is 2.58 bits per heavy atom. The van der Waals surface area contributed by atoms with Gasteiger partial charge in [-0.3, -0.25) is 14.6 Å². The number of carbonyl (C=O) groups excluding carboxylic acids is 2. The second-order valence-corrected chi connectivity index (χ2v) is 7.02. The maximum Gasteiger partial charge on any atom is 0.310 e. The Bertz CT molecular complexity index is 756. The van der Waals surface area contributed by atoms with Crippen LogP contribution in [0.4, 0.5) is 0 Å². The zero-order valence-corrected chi connectivity index (χ0v) is 14.4. The molecule has 1 aromatic rings. The number of carbonyl (C=O) groups is 2. The smallest absolute Gasteiger partial charge is 0.310 e. The van der Waals surface area contributed by atoms with Gasteiger partial charge in [-0.1, -0.05) is 23.8 Å². The molecule has 1 N–H and O–H groups in total. The Hall–Kier alpha value is -2.19. The Morgan fingerprint density at radius 2 is 1.96 bits per heavy atom. The molecular formula is C16H20N2O5S. The molecule has 0 bridgehead atoms. The van der Waals surface area contributed by atoms with Gasteiger partial charge in [0.05, 0.1) is 17.9 Å². The number of hydrazine groups is 1. The van der Waals surface area contributed by atoms with Gasteiger partial charge in [0, 0.05) is 12.1 Å². The quantitative estimate of drug-likeness (QED) is 0.781. The van der Waals surface area contributed by atoms with Crippen molar-refractivity contribution < 1.29 is 22.7 Å². The van der Waals surface area contributed by atoms with Gasteiger partial charge in [-0.25, -0.2) is 8.42 Å². The van der Waals surface area contributed by atoms with Gasteiger partial charge in [-0.15, -0.1) is 4.83 Å². The summed E-state index contributed by atoms with van der Waals surface area (Å²) in [6.45, 7) is 3.88. The van der Waals surface area contributed by atoms with Crippen molar-refractivity contribution in [1.82, 2.24) is 9.84 Å². The van der Waals surface area contributed by atoms with Crippen molar-refractivity contribution in [2.45, 2.75) is 31.6 Å². The molecule has 0 aliphatic carbocycles. The number of ether oxygens (including phenoxy) is 1. The number of rotatable bonds is 6. The fourth-order valence-corrected chi connectivity index (χ4v) is 3.43. The average molecular weight is 352 g/mol. The van der Waals surface area contributed by atoms with E-state index in [9.17, 15) is 18.0 Å². The van der Waals surface area contributed by atoms with Crippen LogP contribution < -0.4 is 4.83 Å². The van der Waals surface area contributed by atoms with Crippen LogP contribution in [0.1, 0.15) is 26.7 Å². The van der Waals surface area contributed by atoms with Crippen molar-refractivity contribution in [3.05, 3.63) is 41.5 Å². The number of hydrogen-bond donors (Lipinski definition) is 1. The fourth-order valence-electron chi connectivity index (χ4n) is 2.34. The lowest BCUT2D eigenvalue weighted by Crippen LogP contribution is -2.49. The van der Waals surface area contributed by atoms with Gasteiger partial charge >= 0.3 is 5.97 Å². The summed E-state index contributed by atoms with van der Waals surface area (Å²) in [5.74, 6) is -1.03.